The number of nitrogens with zero attached hydrogens (tertiary/aromatic N) is 2. The molecule has 0 fully saturated rings. The van der Waals surface area contributed by atoms with Crippen LogP contribution in [0.5, 0.6) is 0 Å². The lowest BCUT2D eigenvalue weighted by Gasteiger charge is -2.19. The van der Waals surface area contributed by atoms with E-state index in [0.29, 0.717) is 17.4 Å². The maximum atomic E-state index is 13.2. The van der Waals surface area contributed by atoms with Crippen LogP contribution >= 0.6 is 0 Å². The van der Waals surface area contributed by atoms with Gasteiger partial charge >= 0.3 is 0 Å². The van der Waals surface area contributed by atoms with Crippen LogP contribution in [0.25, 0.3) is 11.0 Å². The van der Waals surface area contributed by atoms with E-state index >= 15 is 0 Å². The van der Waals surface area contributed by atoms with Crippen LogP contribution in [0.2, 0.25) is 0 Å². The molecule has 18 heavy (non-hydrogen) atoms. The number of imidazole rings is 1. The van der Waals surface area contributed by atoms with Gasteiger partial charge in [0, 0.05) is 12.1 Å². The Balaban J connectivity index is 2.40. The predicted octanol–water partition coefficient (Wildman–Crippen LogP) is 3.75. The molecule has 0 aliphatic rings. The van der Waals surface area contributed by atoms with Crippen molar-refractivity contribution in [2.75, 3.05) is 5.73 Å². The van der Waals surface area contributed by atoms with Gasteiger partial charge < -0.3 is 10.3 Å². The Hall–Kier alpha value is -1.58. The van der Waals surface area contributed by atoms with Crippen LogP contribution in [-0.4, -0.2) is 9.55 Å². The van der Waals surface area contributed by atoms with Gasteiger partial charge in [0.2, 0.25) is 5.95 Å². The van der Waals surface area contributed by atoms with E-state index in [9.17, 15) is 4.39 Å². The number of halogens is 1. The summed E-state index contributed by atoms with van der Waals surface area (Å²) in [7, 11) is 0. The van der Waals surface area contributed by atoms with Crippen molar-refractivity contribution >= 4 is 17.0 Å². The first-order chi connectivity index (χ1) is 8.52. The molecule has 0 aliphatic carbocycles. The number of aromatic nitrogens is 2. The Kier molecular flexibility index (Phi) is 3.55. The van der Waals surface area contributed by atoms with E-state index in [0.717, 1.165) is 18.4 Å². The van der Waals surface area contributed by atoms with Gasteiger partial charge in [-0.2, -0.15) is 0 Å². The molecule has 0 radical (unpaired) electrons. The molecule has 1 aromatic carbocycles. The Morgan fingerprint density at radius 2 is 2.11 bits per heavy atom. The first kappa shape index (κ1) is 12.9. The monoisotopic (exact) mass is 249 g/mol. The molecule has 4 heteroatoms. The Morgan fingerprint density at radius 1 is 1.39 bits per heavy atom. The van der Waals surface area contributed by atoms with E-state index in [4.69, 9.17) is 5.73 Å². The molecule has 2 atom stereocenters. The van der Waals surface area contributed by atoms with Crippen molar-refractivity contribution in [3.8, 4) is 0 Å². The molecule has 2 aromatic rings. The molecule has 2 unspecified atom stereocenters. The number of hydrogen-bond donors (Lipinski definition) is 1. The molecular formula is C14H20FN3. The van der Waals surface area contributed by atoms with Crippen molar-refractivity contribution < 1.29 is 4.39 Å². The smallest absolute Gasteiger partial charge is 0.201 e. The van der Waals surface area contributed by atoms with Crippen LogP contribution in [-0.2, 0) is 0 Å². The first-order valence-electron chi connectivity index (χ1n) is 6.45. The molecule has 0 saturated carbocycles. The van der Waals surface area contributed by atoms with E-state index < -0.39 is 0 Å². The quantitative estimate of drug-likeness (QED) is 0.896. The summed E-state index contributed by atoms with van der Waals surface area (Å²) in [5, 5.41) is 0. The number of benzene rings is 1. The number of nitrogens with two attached hydrogens (primary N) is 1. The van der Waals surface area contributed by atoms with Crippen LogP contribution in [0.4, 0.5) is 10.3 Å². The molecule has 2 rings (SSSR count). The van der Waals surface area contributed by atoms with E-state index in [1.54, 1.807) is 6.07 Å². The van der Waals surface area contributed by atoms with Crippen LogP contribution in [0.3, 0.4) is 0 Å². The van der Waals surface area contributed by atoms with Gasteiger partial charge in [0.15, 0.2) is 0 Å². The number of hydrogen-bond acceptors (Lipinski definition) is 2. The number of fused-ring (bicyclic) bond motifs is 1. The molecule has 1 heterocycles. The second-order valence-electron chi connectivity index (χ2n) is 5.07. The summed E-state index contributed by atoms with van der Waals surface area (Å²) in [6, 6.07) is 4.91. The average Bonchev–Trinajstić information content (AvgIpc) is 2.63. The maximum absolute atomic E-state index is 13.2. The highest BCUT2D eigenvalue weighted by molar-refractivity contribution is 5.78. The normalized spacial score (nSPS) is 14.9. The van der Waals surface area contributed by atoms with Gasteiger partial charge in [-0.15, -0.1) is 0 Å². The zero-order chi connectivity index (χ0) is 13.3. The highest BCUT2D eigenvalue weighted by atomic mass is 19.1. The molecule has 0 bridgehead atoms. The molecule has 0 saturated heterocycles. The third-order valence-electron chi connectivity index (χ3n) is 3.56. The molecule has 98 valence electrons. The van der Waals surface area contributed by atoms with Gasteiger partial charge in [0.25, 0.3) is 0 Å². The lowest BCUT2D eigenvalue weighted by Crippen LogP contribution is -2.11. The van der Waals surface area contributed by atoms with Crippen LogP contribution in [0.15, 0.2) is 18.2 Å². The lowest BCUT2D eigenvalue weighted by molar-refractivity contribution is 0.407. The predicted molar refractivity (Wildman–Crippen MR) is 72.9 cm³/mol. The number of nitrogen functional groups attached to an aromatic ring is 1. The van der Waals surface area contributed by atoms with Gasteiger partial charge in [-0.3, -0.25) is 0 Å². The van der Waals surface area contributed by atoms with Crippen molar-refractivity contribution in [2.24, 2.45) is 5.92 Å². The third kappa shape index (κ3) is 2.33. The summed E-state index contributed by atoms with van der Waals surface area (Å²) in [5.41, 5.74) is 7.49. The number of rotatable bonds is 4. The Morgan fingerprint density at radius 3 is 2.78 bits per heavy atom. The van der Waals surface area contributed by atoms with E-state index in [2.05, 4.69) is 25.8 Å². The number of anilines is 1. The molecule has 2 N–H and O–H groups in total. The van der Waals surface area contributed by atoms with Gasteiger partial charge in [0.1, 0.15) is 5.82 Å². The largest absolute Gasteiger partial charge is 0.369 e. The molecule has 0 spiro atoms. The van der Waals surface area contributed by atoms with Gasteiger partial charge in [-0.1, -0.05) is 20.3 Å². The van der Waals surface area contributed by atoms with Crippen LogP contribution in [0.1, 0.15) is 39.7 Å². The zero-order valence-corrected chi connectivity index (χ0v) is 11.2. The van der Waals surface area contributed by atoms with E-state index in [1.807, 2.05) is 4.57 Å². The van der Waals surface area contributed by atoms with E-state index in [1.165, 1.54) is 12.1 Å². The first-order valence-corrected chi connectivity index (χ1v) is 6.45. The lowest BCUT2D eigenvalue weighted by atomic mass is 10.00. The summed E-state index contributed by atoms with van der Waals surface area (Å²) in [6.45, 7) is 6.54. The summed E-state index contributed by atoms with van der Waals surface area (Å²) in [5.74, 6) is 0.824. The van der Waals surface area contributed by atoms with E-state index in [-0.39, 0.29) is 11.9 Å². The van der Waals surface area contributed by atoms with Crippen molar-refractivity contribution in [3.63, 3.8) is 0 Å². The fourth-order valence-electron chi connectivity index (χ4n) is 2.41. The Labute approximate surface area is 107 Å². The molecule has 3 nitrogen and oxygen atoms in total. The summed E-state index contributed by atoms with van der Waals surface area (Å²) in [6.07, 6.45) is 2.19. The second-order valence-corrected chi connectivity index (χ2v) is 5.07. The molecule has 1 aromatic heterocycles. The van der Waals surface area contributed by atoms with Crippen LogP contribution < -0.4 is 5.73 Å². The SMILES string of the molecule is CCC(C)CC(C)n1c(N)nc2cc(F)ccc21. The minimum atomic E-state index is -0.276. The minimum Gasteiger partial charge on any atom is -0.369 e. The third-order valence-corrected chi connectivity index (χ3v) is 3.56. The topological polar surface area (TPSA) is 43.8 Å². The average molecular weight is 249 g/mol. The van der Waals surface area contributed by atoms with Crippen molar-refractivity contribution in [2.45, 2.75) is 39.7 Å². The van der Waals surface area contributed by atoms with Crippen LogP contribution in [0, 0.1) is 11.7 Å². The molecule has 0 aliphatic heterocycles. The fourth-order valence-corrected chi connectivity index (χ4v) is 2.41. The van der Waals surface area contributed by atoms with Crippen molar-refractivity contribution in [3.05, 3.63) is 24.0 Å². The van der Waals surface area contributed by atoms with Crippen molar-refractivity contribution in [1.82, 2.24) is 9.55 Å². The van der Waals surface area contributed by atoms with Crippen molar-refractivity contribution in [1.29, 1.82) is 0 Å². The highest BCUT2D eigenvalue weighted by Crippen LogP contribution is 2.27. The standard InChI is InChI=1S/C14H20FN3/c1-4-9(2)7-10(3)18-13-6-5-11(15)8-12(13)17-14(18)16/h5-6,8-10H,4,7H2,1-3H3,(H2,16,17). The summed E-state index contributed by atoms with van der Waals surface area (Å²) < 4.78 is 15.2. The fraction of sp³-hybridized carbons (Fsp3) is 0.500. The minimum absolute atomic E-state index is 0.274. The van der Waals surface area contributed by atoms with Gasteiger partial charge in [-0.25, -0.2) is 9.37 Å². The highest BCUT2D eigenvalue weighted by Gasteiger charge is 2.16. The summed E-state index contributed by atoms with van der Waals surface area (Å²) in [4.78, 5) is 4.23. The molecular weight excluding hydrogens is 229 g/mol. The van der Waals surface area contributed by atoms with Gasteiger partial charge in [-0.05, 0) is 31.4 Å². The second kappa shape index (κ2) is 4.96. The summed E-state index contributed by atoms with van der Waals surface area (Å²) >= 11 is 0. The van der Waals surface area contributed by atoms with Gasteiger partial charge in [0.05, 0.1) is 11.0 Å². The maximum Gasteiger partial charge on any atom is 0.201 e. The Bertz CT molecular complexity index is 547. The molecule has 0 amide bonds. The zero-order valence-electron chi connectivity index (χ0n) is 11.2.